The van der Waals surface area contributed by atoms with Crippen LogP contribution < -0.4 is 11.1 Å². The standard InChI is InChI=1S/C18H23N3O/c1-6-18(19)21-15(5)20-11-16-7-9-17(10-8-16)12-22-14(4)13(2)3/h6-11,21H,2,4-5,12,19H2,1,3H3/b18-6-,20-11+. The Labute approximate surface area is 132 Å². The van der Waals surface area contributed by atoms with Crippen molar-refractivity contribution in [3.63, 3.8) is 0 Å². The van der Waals surface area contributed by atoms with Crippen LogP contribution in [0.5, 0.6) is 0 Å². The van der Waals surface area contributed by atoms with Gasteiger partial charge in [0.1, 0.15) is 18.2 Å². The Morgan fingerprint density at radius 1 is 1.27 bits per heavy atom. The molecule has 0 aromatic heterocycles. The molecule has 0 aliphatic rings. The molecule has 0 aliphatic heterocycles. The average molecular weight is 297 g/mol. The lowest BCUT2D eigenvalue weighted by atomic mass is 10.1. The van der Waals surface area contributed by atoms with Gasteiger partial charge >= 0.3 is 0 Å². The molecule has 1 rings (SSSR count). The minimum Gasteiger partial charge on any atom is -0.489 e. The molecule has 0 bridgehead atoms. The summed E-state index contributed by atoms with van der Waals surface area (Å²) in [4.78, 5) is 4.20. The van der Waals surface area contributed by atoms with E-state index >= 15 is 0 Å². The van der Waals surface area contributed by atoms with Gasteiger partial charge in [0.2, 0.25) is 0 Å². The summed E-state index contributed by atoms with van der Waals surface area (Å²) in [6, 6.07) is 7.86. The minimum absolute atomic E-state index is 0.467. The molecule has 0 heterocycles. The first-order valence-electron chi connectivity index (χ1n) is 6.90. The lowest BCUT2D eigenvalue weighted by Crippen LogP contribution is -2.17. The Balaban J connectivity index is 2.56. The fourth-order valence-electron chi connectivity index (χ4n) is 1.42. The van der Waals surface area contributed by atoms with Crippen LogP contribution in [0.2, 0.25) is 0 Å². The maximum absolute atomic E-state index is 5.63. The highest BCUT2D eigenvalue weighted by Crippen LogP contribution is 2.11. The van der Waals surface area contributed by atoms with Crippen molar-refractivity contribution < 1.29 is 4.74 Å². The van der Waals surface area contributed by atoms with Crippen molar-refractivity contribution in [1.29, 1.82) is 0 Å². The maximum Gasteiger partial charge on any atom is 0.124 e. The summed E-state index contributed by atoms with van der Waals surface area (Å²) in [6.07, 6.45) is 3.46. The van der Waals surface area contributed by atoms with Gasteiger partial charge in [0, 0.05) is 6.21 Å². The molecule has 0 aliphatic carbocycles. The molecule has 4 heteroatoms. The van der Waals surface area contributed by atoms with E-state index in [1.54, 1.807) is 12.3 Å². The topological polar surface area (TPSA) is 59.6 Å². The number of hydrogen-bond acceptors (Lipinski definition) is 4. The van der Waals surface area contributed by atoms with Crippen molar-refractivity contribution >= 4 is 6.21 Å². The molecule has 1 aromatic rings. The third-order valence-corrected chi connectivity index (χ3v) is 2.84. The second kappa shape index (κ2) is 8.52. The van der Waals surface area contributed by atoms with Crippen LogP contribution in [0.3, 0.4) is 0 Å². The van der Waals surface area contributed by atoms with Crippen molar-refractivity contribution in [1.82, 2.24) is 5.32 Å². The first-order valence-corrected chi connectivity index (χ1v) is 6.90. The van der Waals surface area contributed by atoms with Gasteiger partial charge in [0.25, 0.3) is 0 Å². The second-order valence-corrected chi connectivity index (χ2v) is 4.81. The van der Waals surface area contributed by atoms with E-state index in [9.17, 15) is 0 Å². The SMILES string of the molecule is C=C(/N=C/c1ccc(COC(=C)C(=C)C)cc1)N/C(N)=C\C. The summed E-state index contributed by atoms with van der Waals surface area (Å²) in [7, 11) is 0. The van der Waals surface area contributed by atoms with Crippen LogP contribution in [0.1, 0.15) is 25.0 Å². The number of rotatable bonds is 8. The first kappa shape index (κ1) is 17.3. The molecular formula is C18H23N3O. The van der Waals surface area contributed by atoms with Crippen LogP contribution in [0.25, 0.3) is 0 Å². The summed E-state index contributed by atoms with van der Waals surface area (Å²) < 4.78 is 5.51. The van der Waals surface area contributed by atoms with Gasteiger partial charge < -0.3 is 15.8 Å². The monoisotopic (exact) mass is 297 g/mol. The Morgan fingerprint density at radius 2 is 1.91 bits per heavy atom. The van der Waals surface area contributed by atoms with Crippen molar-refractivity contribution in [2.45, 2.75) is 20.5 Å². The number of hydrogen-bond donors (Lipinski definition) is 2. The Bertz CT molecular complexity index is 610. The van der Waals surface area contributed by atoms with Crippen LogP contribution in [0.15, 0.2) is 78.0 Å². The normalized spacial score (nSPS) is 11.3. The maximum atomic E-state index is 5.63. The molecule has 0 atom stereocenters. The van der Waals surface area contributed by atoms with Crippen LogP contribution in [0.4, 0.5) is 0 Å². The van der Waals surface area contributed by atoms with E-state index in [1.165, 1.54) is 0 Å². The number of benzene rings is 1. The van der Waals surface area contributed by atoms with E-state index in [1.807, 2.05) is 38.1 Å². The Kier molecular flexibility index (Phi) is 6.70. The molecule has 0 fully saturated rings. The third-order valence-electron chi connectivity index (χ3n) is 2.84. The van der Waals surface area contributed by atoms with Gasteiger partial charge in [-0.2, -0.15) is 0 Å². The van der Waals surface area contributed by atoms with Crippen molar-refractivity contribution in [2.24, 2.45) is 10.7 Å². The summed E-state index contributed by atoms with van der Waals surface area (Å²) in [5, 5.41) is 2.86. The van der Waals surface area contributed by atoms with E-state index in [-0.39, 0.29) is 0 Å². The molecular weight excluding hydrogens is 274 g/mol. The van der Waals surface area contributed by atoms with Crippen LogP contribution >= 0.6 is 0 Å². The number of nitrogens with two attached hydrogens (primary N) is 1. The number of ether oxygens (including phenoxy) is 1. The highest BCUT2D eigenvalue weighted by molar-refractivity contribution is 5.80. The molecule has 3 N–H and O–H groups in total. The van der Waals surface area contributed by atoms with E-state index in [4.69, 9.17) is 10.5 Å². The van der Waals surface area contributed by atoms with E-state index in [0.717, 1.165) is 16.7 Å². The van der Waals surface area contributed by atoms with Gasteiger partial charge in [-0.05, 0) is 36.6 Å². The van der Waals surface area contributed by atoms with Crippen molar-refractivity contribution in [3.05, 3.63) is 84.2 Å². The highest BCUT2D eigenvalue weighted by Gasteiger charge is 1.98. The molecule has 0 saturated heterocycles. The van der Waals surface area contributed by atoms with Gasteiger partial charge in [0.05, 0.1) is 5.82 Å². The molecule has 0 amide bonds. The molecule has 0 saturated carbocycles. The van der Waals surface area contributed by atoms with E-state index < -0.39 is 0 Å². The lowest BCUT2D eigenvalue weighted by molar-refractivity contribution is 0.208. The fourth-order valence-corrected chi connectivity index (χ4v) is 1.42. The summed E-state index contributed by atoms with van der Waals surface area (Å²) in [6.45, 7) is 15.5. The molecule has 116 valence electrons. The molecule has 0 unspecified atom stereocenters. The molecule has 4 nitrogen and oxygen atoms in total. The first-order chi connectivity index (χ1) is 10.4. The zero-order chi connectivity index (χ0) is 16.5. The van der Waals surface area contributed by atoms with Gasteiger partial charge in [-0.15, -0.1) is 0 Å². The van der Waals surface area contributed by atoms with Gasteiger partial charge in [-0.3, -0.25) is 0 Å². The predicted octanol–water partition coefficient (Wildman–Crippen LogP) is 3.59. The Hall–Kier alpha value is -2.75. The lowest BCUT2D eigenvalue weighted by Gasteiger charge is -2.08. The fraction of sp³-hybridized carbons (Fsp3) is 0.167. The quantitative estimate of drug-likeness (QED) is 0.438. The minimum atomic E-state index is 0.467. The van der Waals surface area contributed by atoms with E-state index in [2.05, 4.69) is 30.0 Å². The zero-order valence-electron chi connectivity index (χ0n) is 13.2. The summed E-state index contributed by atoms with van der Waals surface area (Å²) in [5.41, 5.74) is 8.47. The average Bonchev–Trinajstić information content (AvgIpc) is 2.51. The number of allylic oxidation sites excluding steroid dienone is 2. The smallest absolute Gasteiger partial charge is 0.124 e. The van der Waals surface area contributed by atoms with Crippen LogP contribution in [-0.4, -0.2) is 6.21 Å². The van der Waals surface area contributed by atoms with Crippen molar-refractivity contribution in [3.8, 4) is 0 Å². The zero-order valence-corrected chi connectivity index (χ0v) is 13.2. The predicted molar refractivity (Wildman–Crippen MR) is 93.0 cm³/mol. The van der Waals surface area contributed by atoms with Crippen LogP contribution in [0, 0.1) is 0 Å². The number of nitrogens with zero attached hydrogens (tertiary/aromatic N) is 1. The number of nitrogens with one attached hydrogen (secondary N) is 1. The second-order valence-electron chi connectivity index (χ2n) is 4.81. The largest absolute Gasteiger partial charge is 0.489 e. The molecule has 22 heavy (non-hydrogen) atoms. The molecule has 0 spiro atoms. The molecule has 0 radical (unpaired) electrons. The van der Waals surface area contributed by atoms with Gasteiger partial charge in [0.15, 0.2) is 0 Å². The third kappa shape index (κ3) is 6.13. The van der Waals surface area contributed by atoms with Crippen LogP contribution in [-0.2, 0) is 11.3 Å². The molecule has 1 aromatic carbocycles. The van der Waals surface area contributed by atoms with Crippen molar-refractivity contribution in [2.75, 3.05) is 0 Å². The highest BCUT2D eigenvalue weighted by atomic mass is 16.5. The summed E-state index contributed by atoms with van der Waals surface area (Å²) >= 11 is 0. The number of aliphatic imine (C=N–C) groups is 1. The van der Waals surface area contributed by atoms with Gasteiger partial charge in [-0.25, -0.2) is 4.99 Å². The van der Waals surface area contributed by atoms with Gasteiger partial charge in [-0.1, -0.05) is 44.0 Å². The summed E-state index contributed by atoms with van der Waals surface area (Å²) in [5.74, 6) is 1.61. The van der Waals surface area contributed by atoms with E-state index in [0.29, 0.717) is 24.0 Å². The Morgan fingerprint density at radius 3 is 2.45 bits per heavy atom.